The van der Waals surface area contributed by atoms with Crippen LogP contribution in [-0.4, -0.2) is 34.8 Å². The fourth-order valence-electron chi connectivity index (χ4n) is 2.51. The van der Waals surface area contributed by atoms with Crippen LogP contribution in [0.5, 0.6) is 0 Å². The van der Waals surface area contributed by atoms with E-state index in [4.69, 9.17) is 0 Å². The van der Waals surface area contributed by atoms with Crippen LogP contribution in [0, 0.1) is 0 Å². The van der Waals surface area contributed by atoms with Gasteiger partial charge < -0.3 is 10.2 Å². The van der Waals surface area contributed by atoms with Crippen LogP contribution >= 0.6 is 0 Å². The monoisotopic (exact) mass is 309 g/mol. The Morgan fingerprint density at radius 3 is 2.48 bits per heavy atom. The van der Waals surface area contributed by atoms with E-state index in [2.05, 4.69) is 10.3 Å². The van der Waals surface area contributed by atoms with Crippen molar-refractivity contribution in [1.82, 2.24) is 15.2 Å². The molecular weight excluding hydrogens is 290 g/mol. The van der Waals surface area contributed by atoms with Crippen LogP contribution in [0.15, 0.2) is 48.8 Å². The van der Waals surface area contributed by atoms with Gasteiger partial charge in [0.15, 0.2) is 0 Å². The van der Waals surface area contributed by atoms with E-state index in [0.29, 0.717) is 23.7 Å². The third-order valence-electron chi connectivity index (χ3n) is 3.95. The van der Waals surface area contributed by atoms with Crippen molar-refractivity contribution in [3.05, 3.63) is 65.5 Å². The second kappa shape index (κ2) is 6.60. The molecule has 1 aromatic heterocycles. The molecule has 0 aliphatic heterocycles. The average Bonchev–Trinajstić information content (AvgIpc) is 3.44. The van der Waals surface area contributed by atoms with Gasteiger partial charge in [-0.25, -0.2) is 0 Å². The lowest BCUT2D eigenvalue weighted by Gasteiger charge is -2.22. The van der Waals surface area contributed by atoms with Crippen LogP contribution in [0.4, 0.5) is 0 Å². The zero-order chi connectivity index (χ0) is 16.2. The first-order valence-corrected chi connectivity index (χ1v) is 7.71. The first-order valence-electron chi connectivity index (χ1n) is 7.71. The van der Waals surface area contributed by atoms with Crippen LogP contribution in [-0.2, 0) is 6.54 Å². The molecule has 0 spiro atoms. The number of hydrogen-bond donors (Lipinski definition) is 1. The Kier molecular flexibility index (Phi) is 4.37. The Morgan fingerprint density at radius 2 is 1.91 bits per heavy atom. The minimum atomic E-state index is -0.109. The van der Waals surface area contributed by atoms with Crippen molar-refractivity contribution < 1.29 is 9.59 Å². The van der Waals surface area contributed by atoms with Gasteiger partial charge in [0, 0.05) is 37.6 Å². The summed E-state index contributed by atoms with van der Waals surface area (Å²) in [5, 5.41) is 2.60. The summed E-state index contributed by atoms with van der Waals surface area (Å²) < 4.78 is 0. The number of amides is 2. The van der Waals surface area contributed by atoms with Crippen molar-refractivity contribution in [2.24, 2.45) is 0 Å². The molecule has 5 nitrogen and oxygen atoms in total. The zero-order valence-electron chi connectivity index (χ0n) is 13.0. The highest BCUT2D eigenvalue weighted by Crippen LogP contribution is 2.29. The SMILES string of the molecule is CNC(=O)c1ccc(CN(C(=O)c2cccnc2)C2CC2)cc1. The van der Waals surface area contributed by atoms with Gasteiger partial charge in [-0.2, -0.15) is 0 Å². The predicted octanol–water partition coefficient (Wildman–Crippen LogP) is 2.25. The van der Waals surface area contributed by atoms with Gasteiger partial charge in [-0.3, -0.25) is 14.6 Å². The number of carbonyl (C=O) groups is 2. The summed E-state index contributed by atoms with van der Waals surface area (Å²) in [6.45, 7) is 0.548. The number of benzene rings is 1. The molecule has 23 heavy (non-hydrogen) atoms. The molecule has 1 aliphatic rings. The number of nitrogens with zero attached hydrogens (tertiary/aromatic N) is 2. The fraction of sp³-hybridized carbons (Fsp3) is 0.278. The highest BCUT2D eigenvalue weighted by Gasteiger charge is 2.33. The van der Waals surface area contributed by atoms with Gasteiger partial charge >= 0.3 is 0 Å². The molecule has 5 heteroatoms. The number of nitrogens with one attached hydrogen (secondary N) is 1. The Balaban J connectivity index is 1.75. The molecule has 2 aromatic rings. The average molecular weight is 309 g/mol. The van der Waals surface area contributed by atoms with Gasteiger partial charge in [0.2, 0.25) is 0 Å². The number of carbonyl (C=O) groups excluding carboxylic acids is 2. The van der Waals surface area contributed by atoms with E-state index in [9.17, 15) is 9.59 Å². The van der Waals surface area contributed by atoms with Gasteiger partial charge in [-0.05, 0) is 42.7 Å². The summed E-state index contributed by atoms with van der Waals surface area (Å²) in [5.41, 5.74) is 2.25. The lowest BCUT2D eigenvalue weighted by atomic mass is 10.1. The molecule has 1 aromatic carbocycles. The van der Waals surface area contributed by atoms with E-state index >= 15 is 0 Å². The molecule has 1 saturated carbocycles. The molecule has 0 unspecified atom stereocenters. The largest absolute Gasteiger partial charge is 0.355 e. The standard InChI is InChI=1S/C18H19N3O2/c1-19-17(22)14-6-4-13(5-7-14)12-21(16-8-9-16)18(23)15-3-2-10-20-11-15/h2-7,10-11,16H,8-9,12H2,1H3,(H,19,22). The second-order valence-electron chi connectivity index (χ2n) is 5.68. The second-order valence-corrected chi connectivity index (χ2v) is 5.68. The van der Waals surface area contributed by atoms with Crippen molar-refractivity contribution in [3.63, 3.8) is 0 Å². The lowest BCUT2D eigenvalue weighted by Crippen LogP contribution is -2.32. The van der Waals surface area contributed by atoms with Crippen molar-refractivity contribution in [1.29, 1.82) is 0 Å². The van der Waals surface area contributed by atoms with Crippen LogP contribution in [0.2, 0.25) is 0 Å². The van der Waals surface area contributed by atoms with Crippen molar-refractivity contribution >= 4 is 11.8 Å². The number of hydrogen-bond acceptors (Lipinski definition) is 3. The molecule has 0 saturated heterocycles. The number of pyridine rings is 1. The van der Waals surface area contributed by atoms with E-state index < -0.39 is 0 Å². The highest BCUT2D eigenvalue weighted by molar-refractivity contribution is 5.95. The molecule has 1 fully saturated rings. The first-order chi connectivity index (χ1) is 11.2. The minimum absolute atomic E-state index is 0.0102. The Morgan fingerprint density at radius 1 is 1.17 bits per heavy atom. The minimum Gasteiger partial charge on any atom is -0.355 e. The maximum absolute atomic E-state index is 12.7. The predicted molar refractivity (Wildman–Crippen MR) is 87.0 cm³/mol. The molecule has 1 N–H and O–H groups in total. The number of rotatable bonds is 5. The summed E-state index contributed by atoms with van der Waals surface area (Å²) in [5.74, 6) is -0.0991. The number of aromatic nitrogens is 1. The fourth-order valence-corrected chi connectivity index (χ4v) is 2.51. The van der Waals surface area contributed by atoms with Crippen LogP contribution in [0.1, 0.15) is 39.1 Å². The molecule has 0 bridgehead atoms. The molecule has 1 aliphatic carbocycles. The molecule has 2 amide bonds. The van der Waals surface area contributed by atoms with Gasteiger partial charge in [0.25, 0.3) is 11.8 Å². The van der Waals surface area contributed by atoms with Gasteiger partial charge in [-0.1, -0.05) is 12.1 Å². The molecule has 3 rings (SSSR count). The van der Waals surface area contributed by atoms with E-state index in [0.717, 1.165) is 18.4 Å². The highest BCUT2D eigenvalue weighted by atomic mass is 16.2. The maximum atomic E-state index is 12.7. The molecule has 118 valence electrons. The lowest BCUT2D eigenvalue weighted by molar-refractivity contribution is 0.0729. The molecular formula is C18H19N3O2. The summed E-state index contributed by atoms with van der Waals surface area (Å²) >= 11 is 0. The van der Waals surface area contributed by atoms with Crippen molar-refractivity contribution in [3.8, 4) is 0 Å². The Bertz CT molecular complexity index is 694. The summed E-state index contributed by atoms with van der Waals surface area (Å²) in [6, 6.07) is 11.2. The van der Waals surface area contributed by atoms with E-state index in [-0.39, 0.29) is 11.8 Å². The topological polar surface area (TPSA) is 62.3 Å². The molecule has 1 heterocycles. The van der Waals surface area contributed by atoms with E-state index in [1.807, 2.05) is 17.0 Å². The third-order valence-corrected chi connectivity index (χ3v) is 3.95. The third kappa shape index (κ3) is 3.56. The Hall–Kier alpha value is -2.69. The summed E-state index contributed by atoms with van der Waals surface area (Å²) in [4.78, 5) is 30.2. The smallest absolute Gasteiger partial charge is 0.255 e. The van der Waals surface area contributed by atoms with Gasteiger partial charge in [0.05, 0.1) is 5.56 Å². The van der Waals surface area contributed by atoms with E-state index in [1.165, 1.54) is 0 Å². The van der Waals surface area contributed by atoms with E-state index in [1.54, 1.807) is 43.7 Å². The Labute approximate surface area is 135 Å². The molecule has 0 atom stereocenters. The van der Waals surface area contributed by atoms with Crippen LogP contribution in [0.25, 0.3) is 0 Å². The van der Waals surface area contributed by atoms with Crippen LogP contribution in [0.3, 0.4) is 0 Å². The van der Waals surface area contributed by atoms with Gasteiger partial charge in [0.1, 0.15) is 0 Å². The van der Waals surface area contributed by atoms with Gasteiger partial charge in [-0.15, -0.1) is 0 Å². The summed E-state index contributed by atoms with van der Waals surface area (Å²) in [7, 11) is 1.61. The first kappa shape index (κ1) is 15.2. The molecule has 0 radical (unpaired) electrons. The zero-order valence-corrected chi connectivity index (χ0v) is 13.0. The summed E-state index contributed by atoms with van der Waals surface area (Å²) in [6.07, 6.45) is 5.35. The van der Waals surface area contributed by atoms with Crippen LogP contribution < -0.4 is 5.32 Å². The quantitative estimate of drug-likeness (QED) is 0.921. The van der Waals surface area contributed by atoms with Crippen molar-refractivity contribution in [2.45, 2.75) is 25.4 Å². The van der Waals surface area contributed by atoms with Crippen molar-refractivity contribution in [2.75, 3.05) is 7.05 Å². The normalized spacial score (nSPS) is 13.4. The maximum Gasteiger partial charge on any atom is 0.255 e.